The molecule has 1 saturated carbocycles. The van der Waals surface area contributed by atoms with Gasteiger partial charge in [0.25, 0.3) is 5.91 Å². The third kappa shape index (κ3) is 4.03. The maximum absolute atomic E-state index is 12.3. The second-order valence-corrected chi connectivity index (χ2v) is 6.37. The minimum absolute atomic E-state index is 0.135. The summed E-state index contributed by atoms with van der Waals surface area (Å²) in [6, 6.07) is 1.69. The molecule has 0 bridgehead atoms. The van der Waals surface area contributed by atoms with Gasteiger partial charge in [0.15, 0.2) is 0 Å². The van der Waals surface area contributed by atoms with E-state index in [4.69, 9.17) is 16.3 Å². The lowest BCUT2D eigenvalue weighted by atomic mass is 9.98. The molecule has 6 heteroatoms. The molecule has 1 aliphatic rings. The highest BCUT2D eigenvalue weighted by Gasteiger charge is 2.15. The lowest BCUT2D eigenvalue weighted by molar-refractivity contribution is 0.0273. The summed E-state index contributed by atoms with van der Waals surface area (Å²) in [6.45, 7) is 1.29. The van der Waals surface area contributed by atoms with Crippen LogP contribution in [0, 0.1) is 0 Å². The van der Waals surface area contributed by atoms with E-state index in [-0.39, 0.29) is 5.91 Å². The molecule has 5 nitrogen and oxygen atoms in total. The van der Waals surface area contributed by atoms with Crippen molar-refractivity contribution in [2.75, 3.05) is 13.2 Å². The van der Waals surface area contributed by atoms with Crippen LogP contribution in [0.15, 0.2) is 18.5 Å². The van der Waals surface area contributed by atoms with Gasteiger partial charge in [-0.05, 0) is 25.3 Å². The molecule has 3 rings (SSSR count). The van der Waals surface area contributed by atoms with Crippen LogP contribution in [-0.2, 0) is 4.74 Å². The van der Waals surface area contributed by atoms with E-state index in [0.717, 1.165) is 6.42 Å². The Labute approximate surface area is 140 Å². The molecular formula is C17H22ClN3O2. The quantitative estimate of drug-likeness (QED) is 0.791. The Balaban J connectivity index is 1.45. The largest absolute Gasteiger partial charge is 0.378 e. The molecule has 2 N–H and O–H groups in total. The van der Waals surface area contributed by atoms with Crippen LogP contribution in [-0.4, -0.2) is 35.1 Å². The Hall–Kier alpha value is -1.59. The van der Waals surface area contributed by atoms with Crippen LogP contribution >= 0.6 is 11.6 Å². The summed E-state index contributed by atoms with van der Waals surface area (Å²) in [5.74, 6) is -0.135. The number of nitrogens with zero attached hydrogens (tertiary/aromatic N) is 1. The standard InChI is InChI=1S/C17H22ClN3O2/c18-14-7-9-19-16-15(14)13(11-21-16)17(22)20-8-4-10-23-12-5-2-1-3-6-12/h7,9,11-12H,1-6,8,10H2,(H,19,21)(H,20,22). The summed E-state index contributed by atoms with van der Waals surface area (Å²) < 4.78 is 5.86. The van der Waals surface area contributed by atoms with Crippen molar-refractivity contribution in [2.45, 2.75) is 44.6 Å². The number of fused-ring (bicyclic) bond motifs is 1. The molecule has 0 spiro atoms. The topological polar surface area (TPSA) is 67.0 Å². The molecule has 1 fully saturated rings. The fourth-order valence-electron chi connectivity index (χ4n) is 3.05. The molecule has 2 aromatic heterocycles. The van der Waals surface area contributed by atoms with Crippen molar-refractivity contribution in [1.82, 2.24) is 15.3 Å². The highest BCUT2D eigenvalue weighted by Crippen LogP contribution is 2.24. The fourth-order valence-corrected chi connectivity index (χ4v) is 3.29. The minimum Gasteiger partial charge on any atom is -0.378 e. The second kappa shape index (κ2) is 7.79. The van der Waals surface area contributed by atoms with Crippen molar-refractivity contribution in [1.29, 1.82) is 0 Å². The van der Waals surface area contributed by atoms with E-state index in [2.05, 4.69) is 15.3 Å². The molecule has 1 aliphatic carbocycles. The van der Waals surface area contributed by atoms with E-state index in [0.29, 0.717) is 40.9 Å². The maximum Gasteiger partial charge on any atom is 0.253 e. The average Bonchev–Trinajstić information content (AvgIpc) is 3.01. The predicted octanol–water partition coefficient (Wildman–Crippen LogP) is 3.69. The van der Waals surface area contributed by atoms with Crippen LogP contribution in [0.2, 0.25) is 5.02 Å². The molecule has 2 aromatic rings. The van der Waals surface area contributed by atoms with E-state index >= 15 is 0 Å². The molecule has 124 valence electrons. The van der Waals surface area contributed by atoms with Crippen LogP contribution in [0.4, 0.5) is 0 Å². The first-order valence-electron chi connectivity index (χ1n) is 8.27. The number of H-pyrrole nitrogens is 1. The Morgan fingerprint density at radius 3 is 3.04 bits per heavy atom. The van der Waals surface area contributed by atoms with Crippen molar-refractivity contribution in [2.24, 2.45) is 0 Å². The molecule has 0 radical (unpaired) electrons. The van der Waals surface area contributed by atoms with Crippen molar-refractivity contribution in [3.05, 3.63) is 29.0 Å². The smallest absolute Gasteiger partial charge is 0.253 e. The summed E-state index contributed by atoms with van der Waals surface area (Å²) in [7, 11) is 0. The third-order valence-electron chi connectivity index (χ3n) is 4.28. The van der Waals surface area contributed by atoms with E-state index in [1.807, 2.05) is 0 Å². The molecule has 0 saturated heterocycles. The highest BCUT2D eigenvalue weighted by molar-refractivity contribution is 6.36. The number of carbonyl (C=O) groups excluding carboxylic acids is 1. The Morgan fingerprint density at radius 2 is 2.22 bits per heavy atom. The molecule has 2 heterocycles. The number of halogens is 1. The number of nitrogens with one attached hydrogen (secondary N) is 2. The number of amides is 1. The number of pyridine rings is 1. The van der Waals surface area contributed by atoms with E-state index < -0.39 is 0 Å². The highest BCUT2D eigenvalue weighted by atomic mass is 35.5. The van der Waals surface area contributed by atoms with Crippen LogP contribution < -0.4 is 5.32 Å². The van der Waals surface area contributed by atoms with E-state index in [1.54, 1.807) is 18.5 Å². The number of aromatic nitrogens is 2. The lowest BCUT2D eigenvalue weighted by Crippen LogP contribution is -2.26. The number of ether oxygens (including phenoxy) is 1. The minimum atomic E-state index is -0.135. The zero-order valence-corrected chi connectivity index (χ0v) is 13.9. The van der Waals surface area contributed by atoms with Crippen LogP contribution in [0.25, 0.3) is 11.0 Å². The Kier molecular flexibility index (Phi) is 5.51. The second-order valence-electron chi connectivity index (χ2n) is 5.96. The molecule has 0 unspecified atom stereocenters. The van der Waals surface area contributed by atoms with Crippen molar-refractivity contribution < 1.29 is 9.53 Å². The maximum atomic E-state index is 12.3. The first-order valence-corrected chi connectivity index (χ1v) is 8.65. The zero-order chi connectivity index (χ0) is 16.1. The summed E-state index contributed by atoms with van der Waals surface area (Å²) in [5, 5.41) is 4.12. The van der Waals surface area contributed by atoms with Gasteiger partial charge in [-0.1, -0.05) is 30.9 Å². The predicted molar refractivity (Wildman–Crippen MR) is 90.9 cm³/mol. The molecule has 0 atom stereocenters. The number of carbonyl (C=O) groups is 1. The van der Waals surface area contributed by atoms with Crippen LogP contribution in [0.1, 0.15) is 48.9 Å². The van der Waals surface area contributed by atoms with Crippen molar-refractivity contribution >= 4 is 28.5 Å². The monoisotopic (exact) mass is 335 g/mol. The van der Waals surface area contributed by atoms with Gasteiger partial charge < -0.3 is 15.0 Å². The van der Waals surface area contributed by atoms with E-state index in [9.17, 15) is 4.79 Å². The third-order valence-corrected chi connectivity index (χ3v) is 4.59. The number of aromatic amines is 1. The van der Waals surface area contributed by atoms with Gasteiger partial charge in [-0.25, -0.2) is 4.98 Å². The number of hydrogen-bond acceptors (Lipinski definition) is 3. The number of hydrogen-bond donors (Lipinski definition) is 2. The molecule has 23 heavy (non-hydrogen) atoms. The molecule has 0 aromatic carbocycles. The van der Waals surface area contributed by atoms with Gasteiger partial charge in [-0.3, -0.25) is 4.79 Å². The lowest BCUT2D eigenvalue weighted by Gasteiger charge is -2.21. The summed E-state index contributed by atoms with van der Waals surface area (Å²) in [6.07, 6.45) is 10.7. The van der Waals surface area contributed by atoms with Gasteiger partial charge in [0.1, 0.15) is 5.65 Å². The fraction of sp³-hybridized carbons (Fsp3) is 0.529. The summed E-state index contributed by atoms with van der Waals surface area (Å²) in [5.41, 5.74) is 1.16. The van der Waals surface area contributed by atoms with Crippen molar-refractivity contribution in [3.8, 4) is 0 Å². The van der Waals surface area contributed by atoms with Gasteiger partial charge in [0, 0.05) is 25.5 Å². The van der Waals surface area contributed by atoms with Gasteiger partial charge in [-0.15, -0.1) is 0 Å². The molecule has 1 amide bonds. The Morgan fingerprint density at radius 1 is 1.39 bits per heavy atom. The zero-order valence-electron chi connectivity index (χ0n) is 13.1. The average molecular weight is 336 g/mol. The molecular weight excluding hydrogens is 314 g/mol. The normalized spacial score (nSPS) is 15.9. The van der Waals surface area contributed by atoms with Gasteiger partial charge in [0.05, 0.1) is 22.1 Å². The van der Waals surface area contributed by atoms with Gasteiger partial charge >= 0.3 is 0 Å². The van der Waals surface area contributed by atoms with Crippen LogP contribution in [0.5, 0.6) is 0 Å². The van der Waals surface area contributed by atoms with Crippen molar-refractivity contribution in [3.63, 3.8) is 0 Å². The first-order chi connectivity index (χ1) is 11.3. The first kappa shape index (κ1) is 16.3. The summed E-state index contributed by atoms with van der Waals surface area (Å²) in [4.78, 5) is 19.4. The van der Waals surface area contributed by atoms with Gasteiger partial charge in [0.2, 0.25) is 0 Å². The molecule has 0 aliphatic heterocycles. The number of rotatable bonds is 6. The van der Waals surface area contributed by atoms with E-state index in [1.165, 1.54) is 32.1 Å². The Bertz CT molecular complexity index is 665. The SMILES string of the molecule is O=C(NCCCOC1CCCCC1)c1c[nH]c2nccc(Cl)c12. The summed E-state index contributed by atoms with van der Waals surface area (Å²) >= 11 is 6.16. The van der Waals surface area contributed by atoms with Gasteiger partial charge in [-0.2, -0.15) is 0 Å². The van der Waals surface area contributed by atoms with Crippen LogP contribution in [0.3, 0.4) is 0 Å².